The van der Waals surface area contributed by atoms with Gasteiger partial charge in [-0.1, -0.05) is 49.9 Å². The molecule has 2 aliphatic heterocycles. The van der Waals surface area contributed by atoms with Crippen molar-refractivity contribution < 1.29 is 43.5 Å². The third-order valence-electron chi connectivity index (χ3n) is 11.6. The van der Waals surface area contributed by atoms with Gasteiger partial charge in [-0.15, -0.1) is 0 Å². The van der Waals surface area contributed by atoms with E-state index in [0.717, 1.165) is 11.1 Å². The summed E-state index contributed by atoms with van der Waals surface area (Å²) in [5.74, 6) is -2.93. The molecule has 3 aliphatic carbocycles. The number of fused-ring (bicyclic) bond motifs is 2. The van der Waals surface area contributed by atoms with Gasteiger partial charge in [0.05, 0.1) is 35.4 Å². The Bertz CT molecular complexity index is 1690. The molecule has 256 valence electrons. The zero-order chi connectivity index (χ0) is 34.2. The van der Waals surface area contributed by atoms with Gasteiger partial charge in [-0.25, -0.2) is 0 Å². The second kappa shape index (κ2) is 11.9. The Hall–Kier alpha value is -2.77. The summed E-state index contributed by atoms with van der Waals surface area (Å²) in [4.78, 5) is 27.1. The van der Waals surface area contributed by atoms with Gasteiger partial charge >= 0.3 is 5.97 Å². The van der Waals surface area contributed by atoms with Crippen molar-refractivity contribution in [1.29, 1.82) is 0 Å². The Balaban J connectivity index is 1.23. The van der Waals surface area contributed by atoms with E-state index in [1.165, 1.54) is 7.11 Å². The highest BCUT2D eigenvalue weighted by molar-refractivity contribution is 14.1. The summed E-state index contributed by atoms with van der Waals surface area (Å²) < 4.78 is 32.9. The molecule has 2 N–H and O–H groups in total. The van der Waals surface area contributed by atoms with Crippen LogP contribution < -0.4 is 4.74 Å². The van der Waals surface area contributed by atoms with Gasteiger partial charge < -0.3 is 33.9 Å². The molecule has 2 aromatic rings. The first-order valence-corrected chi connectivity index (χ1v) is 17.7. The second-order valence-corrected chi connectivity index (χ2v) is 15.8. The molecule has 2 saturated carbocycles. The van der Waals surface area contributed by atoms with Crippen LogP contribution >= 0.6 is 22.6 Å². The Morgan fingerprint density at radius 3 is 2.62 bits per heavy atom. The number of ketones is 1. The molecule has 0 radical (unpaired) electrons. The fraction of sp³-hybridized carbons (Fsp3) is 0.526. The van der Waals surface area contributed by atoms with Gasteiger partial charge in [0.25, 0.3) is 0 Å². The molecule has 7 rings (SSSR count). The highest BCUT2D eigenvalue weighted by Crippen LogP contribution is 2.66. The van der Waals surface area contributed by atoms with E-state index in [4.69, 9.17) is 23.7 Å². The summed E-state index contributed by atoms with van der Waals surface area (Å²) in [6, 6.07) is 13.4. The van der Waals surface area contributed by atoms with Crippen molar-refractivity contribution in [2.45, 2.75) is 81.6 Å². The maximum atomic E-state index is 13.8. The Labute approximate surface area is 294 Å². The maximum absolute atomic E-state index is 13.8. The number of ether oxygens (including phenoxy) is 5. The molecule has 4 fully saturated rings. The number of phenolic OH excluding ortho intramolecular Hbond substituents is 1. The number of methoxy groups -OCH3 is 1. The van der Waals surface area contributed by atoms with E-state index in [1.807, 2.05) is 65.9 Å². The fourth-order valence-corrected chi connectivity index (χ4v) is 10.2. The van der Waals surface area contributed by atoms with Crippen molar-refractivity contribution in [3.63, 3.8) is 0 Å². The lowest BCUT2D eigenvalue weighted by Gasteiger charge is -2.59. The van der Waals surface area contributed by atoms with E-state index >= 15 is 0 Å². The average molecular weight is 771 g/mol. The molecule has 10 heteroatoms. The summed E-state index contributed by atoms with van der Waals surface area (Å²) in [6.07, 6.45) is 3.10. The molecule has 2 heterocycles. The summed E-state index contributed by atoms with van der Waals surface area (Å²) >= 11 is 1.99. The van der Waals surface area contributed by atoms with E-state index in [0.29, 0.717) is 34.0 Å². The van der Waals surface area contributed by atoms with E-state index in [-0.39, 0.29) is 61.1 Å². The van der Waals surface area contributed by atoms with Crippen LogP contribution in [0.15, 0.2) is 66.3 Å². The summed E-state index contributed by atoms with van der Waals surface area (Å²) in [5, 5.41) is 22.7. The van der Waals surface area contributed by atoms with Crippen molar-refractivity contribution in [3.8, 4) is 11.5 Å². The van der Waals surface area contributed by atoms with Gasteiger partial charge in [0.15, 0.2) is 23.1 Å². The molecule has 0 aromatic heterocycles. The van der Waals surface area contributed by atoms with Crippen LogP contribution in [0.5, 0.6) is 11.5 Å². The number of esters is 1. The largest absolute Gasteiger partial charge is 0.504 e. The molecule has 9 nitrogen and oxygen atoms in total. The van der Waals surface area contributed by atoms with E-state index in [1.54, 1.807) is 19.1 Å². The molecule has 0 spiro atoms. The number of aliphatic hydroxyl groups is 1. The van der Waals surface area contributed by atoms with Crippen LogP contribution in [-0.2, 0) is 41.4 Å². The zero-order valence-corrected chi connectivity index (χ0v) is 30.0. The lowest BCUT2D eigenvalue weighted by atomic mass is 9.54. The molecule has 9 atom stereocenters. The van der Waals surface area contributed by atoms with Gasteiger partial charge in [-0.2, -0.15) is 0 Å². The number of rotatable bonds is 8. The normalized spacial score (nSPS) is 38.0. The van der Waals surface area contributed by atoms with Crippen molar-refractivity contribution in [2.75, 3.05) is 20.3 Å². The number of hydrogen-bond donors (Lipinski definition) is 2. The molecule has 5 aliphatic rings. The van der Waals surface area contributed by atoms with Crippen LogP contribution in [0.1, 0.15) is 51.2 Å². The first-order chi connectivity index (χ1) is 22.8. The lowest BCUT2D eigenvalue weighted by Crippen LogP contribution is -2.69. The number of benzene rings is 2. The number of carbonyl (C=O) groups is 2. The van der Waals surface area contributed by atoms with Crippen molar-refractivity contribution in [1.82, 2.24) is 0 Å². The minimum absolute atomic E-state index is 0.0102. The molecule has 48 heavy (non-hydrogen) atoms. The number of aromatic hydroxyl groups is 1. The van der Waals surface area contributed by atoms with Gasteiger partial charge in [0, 0.05) is 18.3 Å². The van der Waals surface area contributed by atoms with Crippen LogP contribution in [0.3, 0.4) is 0 Å². The number of phenols is 1. The maximum Gasteiger partial charge on any atom is 0.310 e. The average Bonchev–Trinajstić information content (AvgIpc) is 3.40. The minimum Gasteiger partial charge on any atom is -0.504 e. The van der Waals surface area contributed by atoms with E-state index < -0.39 is 40.6 Å². The Morgan fingerprint density at radius 1 is 1.17 bits per heavy atom. The van der Waals surface area contributed by atoms with Crippen LogP contribution in [0.2, 0.25) is 0 Å². The van der Waals surface area contributed by atoms with Crippen LogP contribution in [0, 0.1) is 27.2 Å². The first kappa shape index (κ1) is 33.7. The fourth-order valence-electron chi connectivity index (χ4n) is 9.54. The lowest BCUT2D eigenvalue weighted by molar-refractivity contribution is -0.277. The molecular weight excluding hydrogens is 727 g/mol. The summed E-state index contributed by atoms with van der Waals surface area (Å²) in [5.41, 5.74) is -0.344. The topological polar surface area (TPSA) is 121 Å². The van der Waals surface area contributed by atoms with Gasteiger partial charge in [-0.05, 0) is 102 Å². The van der Waals surface area contributed by atoms with Crippen molar-refractivity contribution in [3.05, 3.63) is 81.0 Å². The Kier molecular flexibility index (Phi) is 8.38. The highest BCUT2D eigenvalue weighted by atomic mass is 127. The third-order valence-corrected chi connectivity index (χ3v) is 12.4. The second-order valence-electron chi connectivity index (χ2n) is 14.6. The molecule has 2 unspecified atom stereocenters. The molecular formula is C38H43IO9. The molecule has 0 amide bonds. The zero-order valence-electron chi connectivity index (χ0n) is 27.8. The van der Waals surface area contributed by atoms with Crippen LogP contribution in [0.25, 0.3) is 0 Å². The highest BCUT2D eigenvalue weighted by Gasteiger charge is 2.76. The van der Waals surface area contributed by atoms with E-state index in [2.05, 4.69) is 13.5 Å². The SMILES string of the molecule is C=C(C)[C@]12C[C@@H](C)[C@@]34OC[C@](Cc5ccccc5)(O[C@@H]1C3CC(COC(=O)Cc1cc(I)c(O)c(OC)c1)C[C@]1(O)C(=O)C(C)=C[C@@H]41)O2. The summed E-state index contributed by atoms with van der Waals surface area (Å²) in [7, 11) is 1.46. The molecule has 2 aromatic carbocycles. The number of carbonyl (C=O) groups excluding carboxylic acids is 2. The van der Waals surface area contributed by atoms with Gasteiger partial charge in [-0.3, -0.25) is 9.59 Å². The van der Waals surface area contributed by atoms with Crippen LogP contribution in [-0.4, -0.2) is 71.0 Å². The molecule has 3 bridgehead atoms. The standard InChI is InChI=1S/C38H43IO9/c1-21(2)37-16-23(4)38-27(34(37)47-35(48-37,20-46-38)17-24-9-7-6-8-10-24)12-26(18-36(43)30(38)11-22(3)33(36)42)19-45-31(40)15-25-13-28(39)32(41)29(14-25)44-5/h6-11,13-14,23,26-27,30,34,41,43H,1,12,15-20H2,2-5H3/t23-,26?,27?,30-,34-,35-,36-,37-,38-/m1/s1. The van der Waals surface area contributed by atoms with Gasteiger partial charge in [0.1, 0.15) is 17.8 Å². The smallest absolute Gasteiger partial charge is 0.310 e. The van der Waals surface area contributed by atoms with Crippen LogP contribution in [0.4, 0.5) is 0 Å². The Morgan fingerprint density at radius 2 is 1.92 bits per heavy atom. The summed E-state index contributed by atoms with van der Waals surface area (Å²) in [6.45, 7) is 10.4. The third kappa shape index (κ3) is 5.08. The minimum atomic E-state index is -1.72. The number of hydrogen-bond acceptors (Lipinski definition) is 9. The molecule has 2 saturated heterocycles. The monoisotopic (exact) mass is 770 g/mol. The number of halogens is 1. The quantitative estimate of drug-likeness (QED) is 0.205. The predicted molar refractivity (Wildman–Crippen MR) is 184 cm³/mol. The first-order valence-electron chi connectivity index (χ1n) is 16.7. The van der Waals surface area contributed by atoms with Crippen molar-refractivity contribution in [2.24, 2.45) is 23.7 Å². The number of Topliss-reactive ketones (excluding diaryl/α,β-unsaturated/α-hetero) is 1. The van der Waals surface area contributed by atoms with Gasteiger partial charge in [0.2, 0.25) is 0 Å². The van der Waals surface area contributed by atoms with E-state index in [9.17, 15) is 19.8 Å². The predicted octanol–water partition coefficient (Wildman–Crippen LogP) is 5.47. The van der Waals surface area contributed by atoms with Crippen molar-refractivity contribution >= 4 is 34.3 Å².